The van der Waals surface area contributed by atoms with Crippen molar-refractivity contribution in [2.75, 3.05) is 18.0 Å². The van der Waals surface area contributed by atoms with Crippen LogP contribution in [0.15, 0.2) is 18.2 Å². The molecule has 0 bridgehead atoms. The van der Waals surface area contributed by atoms with E-state index in [4.69, 9.17) is 5.73 Å². The van der Waals surface area contributed by atoms with Crippen LogP contribution in [0.5, 0.6) is 0 Å². The molecule has 3 heteroatoms. The quantitative estimate of drug-likeness (QED) is 0.870. The number of hydrogen-bond acceptors (Lipinski definition) is 2. The van der Waals surface area contributed by atoms with Gasteiger partial charge in [0.1, 0.15) is 5.82 Å². The van der Waals surface area contributed by atoms with E-state index in [2.05, 4.69) is 18.7 Å². The molecule has 1 fully saturated rings. The van der Waals surface area contributed by atoms with Crippen molar-refractivity contribution in [2.24, 2.45) is 11.1 Å². The molecule has 1 saturated heterocycles. The third kappa shape index (κ3) is 2.83. The fraction of sp³-hybridized carbons (Fsp3) is 0.600. The van der Waals surface area contributed by atoms with Crippen LogP contribution >= 0.6 is 0 Å². The molecule has 0 spiro atoms. The Morgan fingerprint density at radius 1 is 1.28 bits per heavy atom. The van der Waals surface area contributed by atoms with Gasteiger partial charge >= 0.3 is 0 Å². The van der Waals surface area contributed by atoms with Crippen LogP contribution in [-0.4, -0.2) is 13.1 Å². The number of rotatable bonds is 2. The maximum absolute atomic E-state index is 13.3. The molecule has 1 aliphatic rings. The second-order valence-corrected chi connectivity index (χ2v) is 6.14. The minimum absolute atomic E-state index is 0.134. The normalized spacial score (nSPS) is 20.8. The summed E-state index contributed by atoms with van der Waals surface area (Å²) in [5.74, 6) is -0.205. The van der Waals surface area contributed by atoms with Gasteiger partial charge in [0.2, 0.25) is 0 Å². The van der Waals surface area contributed by atoms with E-state index in [1.165, 1.54) is 18.9 Å². The van der Waals surface area contributed by atoms with E-state index in [0.717, 1.165) is 24.3 Å². The summed E-state index contributed by atoms with van der Waals surface area (Å²) in [5, 5.41) is 0. The van der Waals surface area contributed by atoms with Gasteiger partial charge in [-0.25, -0.2) is 4.39 Å². The van der Waals surface area contributed by atoms with Gasteiger partial charge in [0.15, 0.2) is 0 Å². The summed E-state index contributed by atoms with van der Waals surface area (Å²) >= 11 is 0. The first-order chi connectivity index (χ1) is 8.39. The molecule has 1 aliphatic heterocycles. The monoisotopic (exact) mass is 250 g/mol. The molecule has 0 aliphatic carbocycles. The summed E-state index contributed by atoms with van der Waals surface area (Å²) in [7, 11) is 0. The largest absolute Gasteiger partial charge is 0.371 e. The van der Waals surface area contributed by atoms with Gasteiger partial charge in [-0.1, -0.05) is 13.8 Å². The number of halogens is 1. The average molecular weight is 250 g/mol. The third-order valence-electron chi connectivity index (χ3n) is 3.94. The van der Waals surface area contributed by atoms with E-state index < -0.39 is 0 Å². The summed E-state index contributed by atoms with van der Waals surface area (Å²) < 4.78 is 13.3. The molecule has 0 radical (unpaired) electrons. The van der Waals surface area contributed by atoms with Crippen LogP contribution in [-0.2, 0) is 0 Å². The highest BCUT2D eigenvalue weighted by Crippen LogP contribution is 2.34. The van der Waals surface area contributed by atoms with E-state index >= 15 is 0 Å². The average Bonchev–Trinajstić information content (AvgIpc) is 2.29. The highest BCUT2D eigenvalue weighted by atomic mass is 19.1. The van der Waals surface area contributed by atoms with Crippen LogP contribution < -0.4 is 10.6 Å². The van der Waals surface area contributed by atoms with Crippen LogP contribution in [0.3, 0.4) is 0 Å². The second-order valence-electron chi connectivity index (χ2n) is 6.14. The minimum atomic E-state index is -0.205. The first kappa shape index (κ1) is 13.3. The zero-order valence-corrected chi connectivity index (χ0v) is 11.5. The standard InChI is InChI=1S/C15H23FN2/c1-11(17)13-10-12(16)4-5-14(13)18-8-6-15(2,3)7-9-18/h4-5,10-11H,6-9,17H2,1-3H3. The molecule has 0 aromatic heterocycles. The lowest BCUT2D eigenvalue weighted by Crippen LogP contribution is -2.38. The van der Waals surface area contributed by atoms with Gasteiger partial charge < -0.3 is 10.6 Å². The van der Waals surface area contributed by atoms with Crippen LogP contribution in [0.1, 0.15) is 45.2 Å². The summed E-state index contributed by atoms with van der Waals surface area (Å²) in [4.78, 5) is 2.34. The number of benzene rings is 1. The van der Waals surface area contributed by atoms with Crippen molar-refractivity contribution in [3.8, 4) is 0 Å². The second kappa shape index (κ2) is 4.88. The molecule has 18 heavy (non-hydrogen) atoms. The maximum Gasteiger partial charge on any atom is 0.123 e. The van der Waals surface area contributed by atoms with Crippen molar-refractivity contribution in [3.05, 3.63) is 29.6 Å². The fourth-order valence-electron chi connectivity index (χ4n) is 2.53. The lowest BCUT2D eigenvalue weighted by Gasteiger charge is -2.39. The maximum atomic E-state index is 13.3. The Labute approximate surface area is 109 Å². The number of anilines is 1. The Morgan fingerprint density at radius 2 is 1.89 bits per heavy atom. The molecule has 1 heterocycles. The highest BCUT2D eigenvalue weighted by molar-refractivity contribution is 5.55. The summed E-state index contributed by atoms with van der Waals surface area (Å²) in [5.41, 5.74) is 8.38. The summed E-state index contributed by atoms with van der Waals surface area (Å²) in [6.45, 7) is 8.58. The third-order valence-corrected chi connectivity index (χ3v) is 3.94. The predicted molar refractivity (Wildman–Crippen MR) is 74.2 cm³/mol. The van der Waals surface area contributed by atoms with Gasteiger partial charge in [-0.05, 0) is 48.9 Å². The number of hydrogen-bond donors (Lipinski definition) is 1. The van der Waals surface area contributed by atoms with Crippen molar-refractivity contribution in [2.45, 2.75) is 39.7 Å². The number of nitrogens with zero attached hydrogens (tertiary/aromatic N) is 1. The lowest BCUT2D eigenvalue weighted by molar-refractivity contribution is 0.279. The molecule has 2 rings (SSSR count). The first-order valence-corrected chi connectivity index (χ1v) is 6.69. The van der Waals surface area contributed by atoms with E-state index in [-0.39, 0.29) is 11.9 Å². The molecule has 0 amide bonds. The van der Waals surface area contributed by atoms with Crippen molar-refractivity contribution in [3.63, 3.8) is 0 Å². The van der Waals surface area contributed by atoms with Crippen molar-refractivity contribution < 1.29 is 4.39 Å². The Bertz CT molecular complexity index is 417. The molecule has 0 saturated carbocycles. The highest BCUT2D eigenvalue weighted by Gasteiger charge is 2.26. The van der Waals surface area contributed by atoms with Gasteiger partial charge in [0.25, 0.3) is 0 Å². The van der Waals surface area contributed by atoms with E-state index in [1.54, 1.807) is 6.07 Å². The van der Waals surface area contributed by atoms with Crippen molar-refractivity contribution in [1.82, 2.24) is 0 Å². The molecule has 2 N–H and O–H groups in total. The zero-order valence-electron chi connectivity index (χ0n) is 11.5. The molecule has 100 valence electrons. The van der Waals surface area contributed by atoms with Crippen LogP contribution in [0.4, 0.5) is 10.1 Å². The summed E-state index contributed by atoms with van der Waals surface area (Å²) in [6, 6.07) is 4.83. The van der Waals surface area contributed by atoms with Gasteiger partial charge in [-0.3, -0.25) is 0 Å². The molecular formula is C15H23FN2. The van der Waals surface area contributed by atoms with Gasteiger partial charge in [0, 0.05) is 24.8 Å². The van der Waals surface area contributed by atoms with Gasteiger partial charge in [-0.15, -0.1) is 0 Å². The van der Waals surface area contributed by atoms with E-state index in [0.29, 0.717) is 5.41 Å². The Kier molecular flexibility index (Phi) is 3.62. The molecule has 1 aromatic carbocycles. The van der Waals surface area contributed by atoms with Crippen molar-refractivity contribution >= 4 is 5.69 Å². The summed E-state index contributed by atoms with van der Waals surface area (Å²) in [6.07, 6.45) is 2.34. The first-order valence-electron chi connectivity index (χ1n) is 6.69. The Hall–Kier alpha value is -1.09. The molecular weight excluding hydrogens is 227 g/mol. The predicted octanol–water partition coefficient (Wildman–Crippen LogP) is 3.47. The lowest BCUT2D eigenvalue weighted by atomic mass is 9.82. The fourth-order valence-corrected chi connectivity index (χ4v) is 2.53. The van der Waals surface area contributed by atoms with Crippen molar-refractivity contribution in [1.29, 1.82) is 0 Å². The van der Waals surface area contributed by atoms with Crippen LogP contribution in [0.25, 0.3) is 0 Å². The SMILES string of the molecule is CC(N)c1cc(F)ccc1N1CCC(C)(C)CC1. The van der Waals surface area contributed by atoms with Gasteiger partial charge in [0.05, 0.1) is 0 Å². The zero-order chi connectivity index (χ0) is 13.3. The van der Waals surface area contributed by atoms with Crippen LogP contribution in [0, 0.1) is 11.2 Å². The molecule has 1 atom stereocenters. The number of piperidine rings is 1. The smallest absolute Gasteiger partial charge is 0.123 e. The Balaban J connectivity index is 2.24. The topological polar surface area (TPSA) is 29.3 Å². The van der Waals surface area contributed by atoms with E-state index in [1.807, 2.05) is 13.0 Å². The molecule has 1 aromatic rings. The van der Waals surface area contributed by atoms with E-state index in [9.17, 15) is 4.39 Å². The minimum Gasteiger partial charge on any atom is -0.371 e. The van der Waals surface area contributed by atoms with Gasteiger partial charge in [-0.2, -0.15) is 0 Å². The number of nitrogens with two attached hydrogens (primary N) is 1. The molecule has 1 unspecified atom stereocenters. The molecule has 2 nitrogen and oxygen atoms in total. The Morgan fingerprint density at radius 3 is 2.44 bits per heavy atom. The van der Waals surface area contributed by atoms with Crippen LogP contribution in [0.2, 0.25) is 0 Å².